The summed E-state index contributed by atoms with van der Waals surface area (Å²) < 4.78 is 27.7. The molecule has 210 valence electrons. The maximum absolute atomic E-state index is 12.8. The molecule has 0 bridgehead atoms. The molecule has 0 aromatic heterocycles. The largest absolute Gasteiger partial charge is 0.507 e. The van der Waals surface area contributed by atoms with Gasteiger partial charge in [0.25, 0.3) is 5.91 Å². The third-order valence-electron chi connectivity index (χ3n) is 5.85. The number of phenols is 1. The number of aromatic carboxylic acids is 1. The second kappa shape index (κ2) is 12.7. The second-order valence-corrected chi connectivity index (χ2v) is 10.7. The maximum Gasteiger partial charge on any atom is 0.343 e. The summed E-state index contributed by atoms with van der Waals surface area (Å²) in [6.07, 6.45) is 2.31. The summed E-state index contributed by atoms with van der Waals surface area (Å²) in [6, 6.07) is 8.54. The summed E-state index contributed by atoms with van der Waals surface area (Å²) in [4.78, 5) is 47.5. The van der Waals surface area contributed by atoms with Gasteiger partial charge >= 0.3 is 5.97 Å². The number of carbonyl (C=O) groups is 4. The molecule has 12 nitrogen and oxygen atoms in total. The van der Waals surface area contributed by atoms with Gasteiger partial charge in [0.1, 0.15) is 23.1 Å². The molecule has 39 heavy (non-hydrogen) atoms. The first-order valence-electron chi connectivity index (χ1n) is 12.0. The first-order chi connectivity index (χ1) is 18.4. The van der Waals surface area contributed by atoms with Crippen LogP contribution in [-0.2, 0) is 20.8 Å². The Morgan fingerprint density at radius 3 is 2.36 bits per heavy atom. The lowest BCUT2D eigenvalue weighted by molar-refractivity contribution is -0.128. The first kappa shape index (κ1) is 29.5. The van der Waals surface area contributed by atoms with Crippen LogP contribution < -0.4 is 20.1 Å². The molecule has 3 amide bonds. The van der Waals surface area contributed by atoms with Crippen molar-refractivity contribution >= 4 is 39.4 Å². The molecule has 1 aliphatic rings. The highest BCUT2D eigenvalue weighted by Crippen LogP contribution is 2.52. The number of hydrogen-bond acceptors (Lipinski definition) is 8. The van der Waals surface area contributed by atoms with Gasteiger partial charge in [0.05, 0.1) is 11.5 Å². The van der Waals surface area contributed by atoms with E-state index in [1.807, 2.05) is 0 Å². The van der Waals surface area contributed by atoms with Crippen LogP contribution >= 0.6 is 10.8 Å². The van der Waals surface area contributed by atoms with E-state index in [0.717, 1.165) is 6.08 Å². The highest BCUT2D eigenvalue weighted by Gasteiger charge is 2.29. The summed E-state index contributed by atoms with van der Waals surface area (Å²) in [6.45, 7) is 3.44. The van der Waals surface area contributed by atoms with Gasteiger partial charge in [-0.05, 0) is 42.5 Å². The third-order valence-corrected chi connectivity index (χ3v) is 7.30. The molecule has 2 aromatic carbocycles. The standard InChI is InChI=1S/C26H31N3O9S/c1-15-5-10-20(31)23(26(34)35)24(15)38-12-4-3-11-27-25(33)19(28-16(2)30)13-17-6-8-18(9-7-17)21-14-22(32)29-39(21,36)37/h5-10,14,19,31,36-37H,3-4,11-13H2,1-2H3,(H,27,33)(H,28,30)(H,29,32)(H,34,35)/t19-/m0/s1. The number of carbonyl (C=O) groups excluding carboxylic acids is 3. The summed E-state index contributed by atoms with van der Waals surface area (Å²) in [5, 5.41) is 24.5. The van der Waals surface area contributed by atoms with Crippen LogP contribution in [0.25, 0.3) is 4.91 Å². The summed E-state index contributed by atoms with van der Waals surface area (Å²) in [5.41, 5.74) is 1.42. The summed E-state index contributed by atoms with van der Waals surface area (Å²) >= 11 is 0. The molecule has 3 rings (SSSR count). The fraction of sp³-hybridized carbons (Fsp3) is 0.308. The van der Waals surface area contributed by atoms with Crippen LogP contribution in [0, 0.1) is 6.92 Å². The number of rotatable bonds is 12. The van der Waals surface area contributed by atoms with Gasteiger partial charge in [-0.25, -0.2) is 9.52 Å². The van der Waals surface area contributed by atoms with Crippen LogP contribution in [-0.4, -0.2) is 62.2 Å². The molecule has 1 heterocycles. The van der Waals surface area contributed by atoms with Gasteiger partial charge in [-0.15, -0.1) is 0 Å². The number of hydrogen-bond donors (Lipinski definition) is 7. The van der Waals surface area contributed by atoms with Crippen molar-refractivity contribution in [2.75, 3.05) is 13.2 Å². The van der Waals surface area contributed by atoms with Crippen LogP contribution in [0.3, 0.4) is 0 Å². The molecular formula is C26H31N3O9S. The van der Waals surface area contributed by atoms with E-state index >= 15 is 0 Å². The molecule has 7 N–H and O–H groups in total. The monoisotopic (exact) mass is 561 g/mol. The number of carboxylic acids is 1. The minimum atomic E-state index is -3.40. The molecule has 13 heteroatoms. The van der Waals surface area contributed by atoms with Crippen molar-refractivity contribution in [1.82, 2.24) is 15.4 Å². The second-order valence-electron chi connectivity index (χ2n) is 8.94. The molecule has 0 aliphatic carbocycles. The molecule has 0 fully saturated rings. The van der Waals surface area contributed by atoms with E-state index in [4.69, 9.17) is 4.74 Å². The Balaban J connectivity index is 1.52. The van der Waals surface area contributed by atoms with E-state index in [2.05, 4.69) is 15.4 Å². The van der Waals surface area contributed by atoms with E-state index < -0.39 is 34.6 Å². The van der Waals surface area contributed by atoms with Crippen molar-refractivity contribution in [3.63, 3.8) is 0 Å². The van der Waals surface area contributed by atoms with Gasteiger partial charge in [-0.3, -0.25) is 23.5 Å². The number of aryl methyl sites for hydroxylation is 1. The van der Waals surface area contributed by atoms with Crippen LogP contribution in [0.1, 0.15) is 46.8 Å². The molecule has 2 aromatic rings. The Bertz CT molecular complexity index is 1290. The smallest absolute Gasteiger partial charge is 0.343 e. The minimum absolute atomic E-state index is 0.0811. The highest BCUT2D eigenvalue weighted by molar-refractivity contribution is 8.31. The number of amides is 3. The zero-order chi connectivity index (χ0) is 28.7. The molecule has 1 atom stereocenters. The predicted molar refractivity (Wildman–Crippen MR) is 144 cm³/mol. The van der Waals surface area contributed by atoms with E-state index in [1.54, 1.807) is 37.3 Å². The van der Waals surface area contributed by atoms with E-state index in [1.165, 1.54) is 13.0 Å². The molecular weight excluding hydrogens is 530 g/mol. The quantitative estimate of drug-likeness (QED) is 0.191. The van der Waals surface area contributed by atoms with E-state index in [0.29, 0.717) is 29.5 Å². The van der Waals surface area contributed by atoms with Gasteiger partial charge < -0.3 is 25.6 Å². The van der Waals surface area contributed by atoms with Crippen molar-refractivity contribution in [3.8, 4) is 11.5 Å². The molecule has 0 unspecified atom stereocenters. The lowest BCUT2D eigenvalue weighted by atomic mass is 10.0. The highest BCUT2D eigenvalue weighted by atomic mass is 32.3. The van der Waals surface area contributed by atoms with Crippen molar-refractivity contribution in [2.45, 2.75) is 39.2 Å². The van der Waals surface area contributed by atoms with Gasteiger partial charge in [0, 0.05) is 26.0 Å². The van der Waals surface area contributed by atoms with Crippen molar-refractivity contribution in [1.29, 1.82) is 0 Å². The lowest BCUT2D eigenvalue weighted by Crippen LogP contribution is -2.47. The first-order valence-corrected chi connectivity index (χ1v) is 13.6. The number of nitrogens with one attached hydrogen (secondary N) is 3. The molecule has 0 radical (unpaired) electrons. The Morgan fingerprint density at radius 2 is 1.77 bits per heavy atom. The van der Waals surface area contributed by atoms with Gasteiger partial charge in [-0.1, -0.05) is 41.1 Å². The molecule has 0 saturated heterocycles. The van der Waals surface area contributed by atoms with Crippen LogP contribution in [0.15, 0.2) is 42.5 Å². The van der Waals surface area contributed by atoms with Crippen molar-refractivity contribution in [2.24, 2.45) is 0 Å². The zero-order valence-corrected chi connectivity index (χ0v) is 22.2. The zero-order valence-electron chi connectivity index (χ0n) is 21.4. The SMILES string of the molecule is CC(=O)N[C@@H](Cc1ccc(C2=CC(=O)NS2(O)O)cc1)C(=O)NCCCCOc1c(C)ccc(O)c1C(=O)O. The summed E-state index contributed by atoms with van der Waals surface area (Å²) in [5.74, 6) is -2.95. The number of ether oxygens (including phenoxy) is 1. The Morgan fingerprint density at radius 1 is 1.08 bits per heavy atom. The summed E-state index contributed by atoms with van der Waals surface area (Å²) in [7, 11) is -3.40. The van der Waals surface area contributed by atoms with Gasteiger partial charge in [0.2, 0.25) is 11.8 Å². The Labute approximate surface area is 226 Å². The fourth-order valence-electron chi connectivity index (χ4n) is 3.97. The molecule has 0 saturated carbocycles. The third kappa shape index (κ3) is 7.72. The normalized spacial score (nSPS) is 15.5. The lowest BCUT2D eigenvalue weighted by Gasteiger charge is -2.29. The van der Waals surface area contributed by atoms with Crippen molar-refractivity contribution in [3.05, 3.63) is 64.7 Å². The number of carboxylic acid groups (broad SMARTS) is 1. The molecule has 0 spiro atoms. The van der Waals surface area contributed by atoms with Gasteiger partial charge in [-0.2, -0.15) is 0 Å². The maximum atomic E-state index is 12.8. The molecule has 1 aliphatic heterocycles. The van der Waals surface area contributed by atoms with Crippen LogP contribution in [0.2, 0.25) is 0 Å². The number of unbranched alkanes of at least 4 members (excludes halogenated alkanes) is 1. The predicted octanol–water partition coefficient (Wildman–Crippen LogP) is 2.56. The number of aromatic hydroxyl groups is 1. The Hall–Kier alpha value is -4.07. The van der Waals surface area contributed by atoms with E-state index in [9.17, 15) is 38.5 Å². The van der Waals surface area contributed by atoms with Crippen molar-refractivity contribution < 1.29 is 43.2 Å². The van der Waals surface area contributed by atoms with Gasteiger partial charge in [0.15, 0.2) is 0 Å². The topological polar surface area (TPSA) is 195 Å². The Kier molecular flexibility index (Phi) is 9.56. The fourth-order valence-corrected chi connectivity index (χ4v) is 5.16. The number of benzene rings is 2. The van der Waals surface area contributed by atoms with Crippen LogP contribution in [0.5, 0.6) is 11.5 Å². The average Bonchev–Trinajstić information content (AvgIpc) is 3.14. The van der Waals surface area contributed by atoms with E-state index in [-0.39, 0.29) is 47.4 Å². The minimum Gasteiger partial charge on any atom is -0.507 e. The average molecular weight is 562 g/mol. The van der Waals surface area contributed by atoms with Crippen LogP contribution in [0.4, 0.5) is 0 Å².